The number of hydrogen-bond donors (Lipinski definition) is 1. The summed E-state index contributed by atoms with van der Waals surface area (Å²) >= 11 is 0. The van der Waals surface area contributed by atoms with Gasteiger partial charge in [0.1, 0.15) is 0 Å². The van der Waals surface area contributed by atoms with Crippen molar-refractivity contribution in [3.63, 3.8) is 0 Å². The molecular weight excluding hydrogens is 246 g/mol. The van der Waals surface area contributed by atoms with Crippen LogP contribution < -0.4 is 5.32 Å². The van der Waals surface area contributed by atoms with E-state index in [-0.39, 0.29) is 0 Å². The van der Waals surface area contributed by atoms with Crippen molar-refractivity contribution < 1.29 is 0 Å². The molecule has 2 aliphatic rings. The van der Waals surface area contributed by atoms with Gasteiger partial charge in [0.05, 0.1) is 0 Å². The summed E-state index contributed by atoms with van der Waals surface area (Å²) in [7, 11) is 2.34. The van der Waals surface area contributed by atoms with Crippen molar-refractivity contribution in [1.29, 1.82) is 0 Å². The predicted molar refractivity (Wildman–Crippen MR) is 87.2 cm³/mol. The van der Waals surface area contributed by atoms with Crippen LogP contribution in [0.25, 0.3) is 0 Å². The molecule has 0 aromatic carbocycles. The highest BCUT2D eigenvalue weighted by Crippen LogP contribution is 2.29. The monoisotopic (exact) mass is 281 g/mol. The molecule has 0 spiro atoms. The van der Waals surface area contributed by atoms with Crippen LogP contribution >= 0.6 is 0 Å². The number of rotatable bonds is 7. The molecule has 3 unspecified atom stereocenters. The van der Waals surface area contributed by atoms with E-state index in [1.165, 1.54) is 51.7 Å². The third-order valence-electron chi connectivity index (χ3n) is 5.33. The van der Waals surface area contributed by atoms with Crippen LogP contribution in [0.4, 0.5) is 0 Å². The second kappa shape index (κ2) is 7.77. The maximum Gasteiger partial charge on any atom is 0.0223 e. The van der Waals surface area contributed by atoms with Crippen molar-refractivity contribution in [2.24, 2.45) is 5.92 Å². The summed E-state index contributed by atoms with van der Waals surface area (Å²) in [6.45, 7) is 11.9. The van der Waals surface area contributed by atoms with E-state index in [4.69, 9.17) is 0 Å². The Morgan fingerprint density at radius 3 is 2.60 bits per heavy atom. The molecule has 3 nitrogen and oxygen atoms in total. The first kappa shape index (κ1) is 16.3. The predicted octanol–water partition coefficient (Wildman–Crippen LogP) is 2.57. The Kier molecular flexibility index (Phi) is 6.31. The van der Waals surface area contributed by atoms with E-state index in [9.17, 15) is 0 Å². The minimum Gasteiger partial charge on any atom is -0.316 e. The van der Waals surface area contributed by atoms with Gasteiger partial charge in [-0.1, -0.05) is 13.8 Å². The standard InChI is InChI=1S/C17H35N3/c1-14(2)12-18-10-5-6-15(3)20-11-9-16-7-8-17(13-20)19(16)4/h14-18H,5-13H2,1-4H3. The maximum atomic E-state index is 3.56. The van der Waals surface area contributed by atoms with Crippen LogP contribution in [0.1, 0.15) is 52.9 Å². The van der Waals surface area contributed by atoms with Crippen molar-refractivity contribution in [2.75, 3.05) is 33.2 Å². The van der Waals surface area contributed by atoms with E-state index in [0.29, 0.717) is 0 Å². The van der Waals surface area contributed by atoms with Gasteiger partial charge in [-0.2, -0.15) is 0 Å². The lowest BCUT2D eigenvalue weighted by Crippen LogP contribution is -2.41. The van der Waals surface area contributed by atoms with Gasteiger partial charge in [-0.15, -0.1) is 0 Å². The Morgan fingerprint density at radius 2 is 1.85 bits per heavy atom. The molecule has 0 aromatic rings. The van der Waals surface area contributed by atoms with Crippen LogP contribution in [0.5, 0.6) is 0 Å². The highest BCUT2D eigenvalue weighted by atomic mass is 15.3. The Balaban J connectivity index is 1.66. The number of hydrogen-bond acceptors (Lipinski definition) is 3. The summed E-state index contributed by atoms with van der Waals surface area (Å²) in [6, 6.07) is 2.44. The fourth-order valence-corrected chi connectivity index (χ4v) is 3.83. The van der Waals surface area contributed by atoms with Crippen molar-refractivity contribution >= 4 is 0 Å². The molecular formula is C17H35N3. The quantitative estimate of drug-likeness (QED) is 0.724. The molecule has 2 bridgehead atoms. The van der Waals surface area contributed by atoms with E-state index in [1.54, 1.807) is 0 Å². The number of likely N-dealkylation sites (N-methyl/N-ethyl adjacent to an activating group) is 1. The van der Waals surface area contributed by atoms with Gasteiger partial charge in [0.25, 0.3) is 0 Å². The first-order valence-electron chi connectivity index (χ1n) is 8.74. The van der Waals surface area contributed by atoms with Crippen molar-refractivity contribution in [3.8, 4) is 0 Å². The normalized spacial score (nSPS) is 29.9. The van der Waals surface area contributed by atoms with Crippen molar-refractivity contribution in [3.05, 3.63) is 0 Å². The summed E-state index contributed by atoms with van der Waals surface area (Å²) in [4.78, 5) is 5.40. The zero-order valence-electron chi connectivity index (χ0n) is 14.1. The van der Waals surface area contributed by atoms with E-state index in [2.05, 4.69) is 42.9 Å². The molecule has 1 N–H and O–H groups in total. The topological polar surface area (TPSA) is 18.5 Å². The number of nitrogens with zero attached hydrogens (tertiary/aromatic N) is 2. The van der Waals surface area contributed by atoms with Gasteiger partial charge in [-0.3, -0.25) is 9.80 Å². The lowest BCUT2D eigenvalue weighted by molar-refractivity contribution is 0.172. The number of nitrogens with one attached hydrogen (secondary N) is 1. The second-order valence-corrected chi connectivity index (χ2v) is 7.42. The lowest BCUT2D eigenvalue weighted by Gasteiger charge is -2.31. The molecule has 20 heavy (non-hydrogen) atoms. The average molecular weight is 281 g/mol. The Bertz CT molecular complexity index is 279. The zero-order chi connectivity index (χ0) is 14.5. The van der Waals surface area contributed by atoms with Crippen molar-refractivity contribution in [1.82, 2.24) is 15.1 Å². The molecule has 0 radical (unpaired) electrons. The summed E-state index contributed by atoms with van der Waals surface area (Å²) in [5, 5.41) is 3.56. The van der Waals surface area contributed by atoms with Gasteiger partial charge in [0.15, 0.2) is 0 Å². The zero-order valence-corrected chi connectivity index (χ0v) is 14.1. The van der Waals surface area contributed by atoms with Gasteiger partial charge in [0, 0.05) is 24.7 Å². The summed E-state index contributed by atoms with van der Waals surface area (Å²) in [5.74, 6) is 0.768. The molecule has 3 heteroatoms. The molecule has 3 atom stereocenters. The third kappa shape index (κ3) is 4.44. The van der Waals surface area contributed by atoms with Gasteiger partial charge in [0.2, 0.25) is 0 Å². The highest BCUT2D eigenvalue weighted by Gasteiger charge is 2.35. The molecule has 118 valence electrons. The van der Waals surface area contributed by atoms with Crippen LogP contribution in [-0.2, 0) is 0 Å². The molecule has 2 saturated heterocycles. The largest absolute Gasteiger partial charge is 0.316 e. The van der Waals surface area contributed by atoms with Gasteiger partial charge >= 0.3 is 0 Å². The Labute approximate surface area is 126 Å². The van der Waals surface area contributed by atoms with Gasteiger partial charge < -0.3 is 5.32 Å². The summed E-state index contributed by atoms with van der Waals surface area (Å²) in [5.41, 5.74) is 0. The minimum atomic E-state index is 0.753. The molecule has 0 saturated carbocycles. The van der Waals surface area contributed by atoms with E-state index < -0.39 is 0 Å². The van der Waals surface area contributed by atoms with Crippen molar-refractivity contribution in [2.45, 2.75) is 71.0 Å². The fraction of sp³-hybridized carbons (Fsp3) is 1.00. The molecule has 0 aromatic heterocycles. The Morgan fingerprint density at radius 1 is 1.10 bits per heavy atom. The minimum absolute atomic E-state index is 0.753. The Hall–Kier alpha value is -0.120. The van der Waals surface area contributed by atoms with E-state index >= 15 is 0 Å². The summed E-state index contributed by atoms with van der Waals surface area (Å²) in [6.07, 6.45) is 6.88. The number of fused-ring (bicyclic) bond motifs is 2. The average Bonchev–Trinajstić information content (AvgIpc) is 2.62. The van der Waals surface area contributed by atoms with Crippen LogP contribution in [-0.4, -0.2) is 61.2 Å². The third-order valence-corrected chi connectivity index (χ3v) is 5.33. The second-order valence-electron chi connectivity index (χ2n) is 7.42. The summed E-state index contributed by atoms with van der Waals surface area (Å²) < 4.78 is 0. The van der Waals surface area contributed by atoms with E-state index in [1.807, 2.05) is 0 Å². The highest BCUT2D eigenvalue weighted by molar-refractivity contribution is 4.92. The molecule has 2 fully saturated rings. The maximum absolute atomic E-state index is 3.56. The first-order chi connectivity index (χ1) is 9.58. The van der Waals surface area contributed by atoms with Crippen LogP contribution in [0, 0.1) is 5.92 Å². The molecule has 0 amide bonds. The van der Waals surface area contributed by atoms with Gasteiger partial charge in [-0.05, 0) is 71.6 Å². The first-order valence-corrected chi connectivity index (χ1v) is 8.74. The SMILES string of the molecule is CC(C)CNCCCC(C)N1CCC2CCC(C1)N2C. The number of likely N-dealkylation sites (tertiary alicyclic amines) is 1. The lowest BCUT2D eigenvalue weighted by atomic mass is 10.1. The van der Waals surface area contributed by atoms with Gasteiger partial charge in [-0.25, -0.2) is 0 Å². The van der Waals surface area contributed by atoms with E-state index in [0.717, 1.165) is 30.6 Å². The van der Waals surface area contributed by atoms with Crippen LogP contribution in [0.15, 0.2) is 0 Å². The molecule has 2 heterocycles. The molecule has 2 aliphatic heterocycles. The molecule has 2 rings (SSSR count). The van der Waals surface area contributed by atoms with Crippen LogP contribution in [0.2, 0.25) is 0 Å². The fourth-order valence-electron chi connectivity index (χ4n) is 3.83. The smallest absolute Gasteiger partial charge is 0.0223 e. The molecule has 0 aliphatic carbocycles. The van der Waals surface area contributed by atoms with Crippen LogP contribution in [0.3, 0.4) is 0 Å².